The van der Waals surface area contributed by atoms with Gasteiger partial charge in [-0.15, -0.1) is 12.3 Å². The normalized spacial score (nSPS) is 21.1. The van der Waals surface area contributed by atoms with Gasteiger partial charge in [-0.05, 0) is 12.8 Å². The van der Waals surface area contributed by atoms with Crippen molar-refractivity contribution < 1.29 is 9.53 Å². The van der Waals surface area contributed by atoms with Crippen molar-refractivity contribution in [3.05, 3.63) is 12.3 Å². The maximum Gasteiger partial charge on any atom is 0.225 e. The molecule has 1 atom stereocenters. The molecule has 0 bridgehead atoms. The topological polar surface area (TPSA) is 80.9 Å². The van der Waals surface area contributed by atoms with E-state index in [0.717, 1.165) is 26.0 Å². The molecule has 0 spiro atoms. The molecule has 1 saturated heterocycles. The Morgan fingerprint density at radius 3 is 3.09 bits per heavy atom. The second kappa shape index (κ2) is 6.92. The first-order chi connectivity index (χ1) is 11.2. The Morgan fingerprint density at radius 2 is 2.39 bits per heavy atom. The van der Waals surface area contributed by atoms with Crippen LogP contribution in [-0.4, -0.2) is 34.1 Å². The Hall–Kier alpha value is -2.20. The molecule has 7 heteroatoms. The molecule has 0 radical (unpaired) electrons. The van der Waals surface area contributed by atoms with Crippen molar-refractivity contribution >= 4 is 11.7 Å². The van der Waals surface area contributed by atoms with Crippen molar-refractivity contribution in [1.29, 1.82) is 0 Å². The number of rotatable bonds is 8. The molecule has 1 N–H and O–H groups in total. The largest absolute Gasteiger partial charge is 0.376 e. The molecule has 2 aliphatic rings. The molecule has 23 heavy (non-hydrogen) atoms. The average Bonchev–Trinajstić information content (AvgIpc) is 2.92. The van der Waals surface area contributed by atoms with Crippen LogP contribution in [0.15, 0.2) is 22.5 Å². The molecule has 1 aromatic rings. The van der Waals surface area contributed by atoms with E-state index in [1.54, 1.807) is 6.07 Å². The molecule has 0 aliphatic carbocycles. The predicted octanol–water partition coefficient (Wildman–Crippen LogP) is 2.36. The lowest BCUT2D eigenvalue weighted by atomic mass is 10.0. The molecule has 7 nitrogen and oxygen atoms in total. The predicted molar refractivity (Wildman–Crippen MR) is 84.7 cm³/mol. The van der Waals surface area contributed by atoms with Crippen LogP contribution in [0.25, 0.3) is 0 Å². The van der Waals surface area contributed by atoms with Gasteiger partial charge in [0.1, 0.15) is 0 Å². The monoisotopic (exact) mass is 315 g/mol. The summed E-state index contributed by atoms with van der Waals surface area (Å²) in [6.07, 6.45) is 11.8. The summed E-state index contributed by atoms with van der Waals surface area (Å²) in [5, 5.41) is 15.2. The molecule has 2 aliphatic heterocycles. The quantitative estimate of drug-likeness (QED) is 0.748. The van der Waals surface area contributed by atoms with Crippen molar-refractivity contribution in [3.63, 3.8) is 0 Å². The van der Waals surface area contributed by atoms with Gasteiger partial charge in [-0.2, -0.15) is 15.3 Å². The lowest BCUT2D eigenvalue weighted by molar-refractivity contribution is -0.116. The van der Waals surface area contributed by atoms with E-state index < -0.39 is 5.66 Å². The number of amides is 1. The Balaban J connectivity index is 1.41. The van der Waals surface area contributed by atoms with E-state index in [1.165, 1.54) is 0 Å². The number of anilines is 1. The van der Waals surface area contributed by atoms with Crippen LogP contribution in [0.1, 0.15) is 38.5 Å². The minimum atomic E-state index is -0.414. The van der Waals surface area contributed by atoms with Crippen LogP contribution in [0, 0.1) is 12.3 Å². The van der Waals surface area contributed by atoms with Gasteiger partial charge >= 0.3 is 0 Å². The van der Waals surface area contributed by atoms with Gasteiger partial charge in [-0.1, -0.05) is 0 Å². The van der Waals surface area contributed by atoms with E-state index in [1.807, 2.05) is 10.9 Å². The molecular weight excluding hydrogens is 294 g/mol. The van der Waals surface area contributed by atoms with E-state index in [4.69, 9.17) is 11.2 Å². The minimum absolute atomic E-state index is 0.0789. The summed E-state index contributed by atoms with van der Waals surface area (Å²) >= 11 is 0. The maximum absolute atomic E-state index is 12.0. The highest BCUT2D eigenvalue weighted by atomic mass is 16.5. The minimum Gasteiger partial charge on any atom is -0.376 e. The molecule has 122 valence electrons. The van der Waals surface area contributed by atoms with Crippen LogP contribution in [-0.2, 0) is 16.1 Å². The number of carbonyl (C=O) groups is 1. The Morgan fingerprint density at radius 1 is 1.52 bits per heavy atom. The summed E-state index contributed by atoms with van der Waals surface area (Å²) in [7, 11) is 0. The van der Waals surface area contributed by atoms with Crippen molar-refractivity contribution in [2.75, 3.05) is 11.9 Å². The number of ether oxygens (including phenoxy) is 1. The third-order valence-electron chi connectivity index (χ3n) is 4.13. The molecule has 1 fully saturated rings. The number of carbonyl (C=O) groups excluding carboxylic acids is 1. The number of nitrogens with one attached hydrogen (secondary N) is 1. The van der Waals surface area contributed by atoms with Gasteiger partial charge in [-0.3, -0.25) is 9.48 Å². The summed E-state index contributed by atoms with van der Waals surface area (Å²) in [5.41, 5.74) is -0.414. The van der Waals surface area contributed by atoms with E-state index in [-0.39, 0.29) is 12.0 Å². The highest BCUT2D eigenvalue weighted by Crippen LogP contribution is 2.37. The maximum atomic E-state index is 12.0. The number of hydrogen-bond donors (Lipinski definition) is 1. The van der Waals surface area contributed by atoms with Crippen molar-refractivity contribution in [2.45, 2.75) is 56.8 Å². The molecular formula is C16H21N5O2. The highest BCUT2D eigenvalue weighted by Gasteiger charge is 2.39. The second-order valence-corrected chi connectivity index (χ2v) is 5.99. The fraction of sp³-hybridized carbons (Fsp3) is 0.625. The summed E-state index contributed by atoms with van der Waals surface area (Å²) < 4.78 is 7.39. The SMILES string of the molecule is C#CCCC1(CCC(=O)Nc2ccn(CC3CCCO3)n2)N=N1. The van der Waals surface area contributed by atoms with Gasteiger partial charge in [0.15, 0.2) is 11.5 Å². The summed E-state index contributed by atoms with van der Waals surface area (Å²) in [6.45, 7) is 1.55. The first-order valence-electron chi connectivity index (χ1n) is 8.02. The van der Waals surface area contributed by atoms with Gasteiger partial charge in [-0.25, -0.2) is 0 Å². The second-order valence-electron chi connectivity index (χ2n) is 5.99. The highest BCUT2D eigenvalue weighted by molar-refractivity contribution is 5.89. The summed E-state index contributed by atoms with van der Waals surface area (Å²) in [5.74, 6) is 3.07. The van der Waals surface area contributed by atoms with Crippen LogP contribution >= 0.6 is 0 Å². The zero-order valence-corrected chi connectivity index (χ0v) is 13.1. The zero-order valence-electron chi connectivity index (χ0n) is 13.1. The number of hydrogen-bond acceptors (Lipinski definition) is 5. The van der Waals surface area contributed by atoms with Gasteiger partial charge in [0.2, 0.25) is 5.91 Å². The van der Waals surface area contributed by atoms with E-state index in [0.29, 0.717) is 31.5 Å². The zero-order chi connectivity index (χ0) is 16.1. The van der Waals surface area contributed by atoms with Crippen molar-refractivity contribution in [2.24, 2.45) is 10.2 Å². The molecule has 1 amide bonds. The molecule has 0 aromatic carbocycles. The first kappa shape index (κ1) is 15.7. The third-order valence-corrected chi connectivity index (χ3v) is 4.13. The lowest BCUT2D eigenvalue weighted by Gasteiger charge is -2.09. The number of aromatic nitrogens is 2. The standard InChI is InChI=1S/C16H21N5O2/c1-2-3-8-16(19-20-16)9-6-15(22)17-14-7-10-21(18-14)12-13-5-4-11-23-13/h1,7,10,13H,3-6,8-9,11-12H2,(H,17,18,22). The van der Waals surface area contributed by atoms with Gasteiger partial charge in [0, 0.05) is 44.6 Å². The Labute approximate surface area is 135 Å². The van der Waals surface area contributed by atoms with Crippen LogP contribution in [0.2, 0.25) is 0 Å². The molecule has 0 saturated carbocycles. The van der Waals surface area contributed by atoms with Crippen LogP contribution < -0.4 is 5.32 Å². The van der Waals surface area contributed by atoms with E-state index >= 15 is 0 Å². The van der Waals surface area contributed by atoms with E-state index in [2.05, 4.69) is 26.6 Å². The van der Waals surface area contributed by atoms with Crippen molar-refractivity contribution in [1.82, 2.24) is 9.78 Å². The van der Waals surface area contributed by atoms with Crippen molar-refractivity contribution in [3.8, 4) is 12.3 Å². The third kappa shape index (κ3) is 4.39. The fourth-order valence-electron chi connectivity index (χ4n) is 2.71. The van der Waals surface area contributed by atoms with Gasteiger partial charge in [0.25, 0.3) is 0 Å². The number of terminal acetylenes is 1. The Kier molecular flexibility index (Phi) is 4.72. The molecule has 3 rings (SSSR count). The van der Waals surface area contributed by atoms with Crippen LogP contribution in [0.4, 0.5) is 5.82 Å². The summed E-state index contributed by atoms with van der Waals surface area (Å²) in [4.78, 5) is 12.0. The lowest BCUT2D eigenvalue weighted by Crippen LogP contribution is -2.18. The Bertz CT molecular complexity index is 619. The average molecular weight is 315 g/mol. The van der Waals surface area contributed by atoms with Crippen LogP contribution in [0.5, 0.6) is 0 Å². The first-order valence-corrected chi connectivity index (χ1v) is 8.02. The summed E-state index contributed by atoms with van der Waals surface area (Å²) in [6, 6.07) is 1.80. The van der Waals surface area contributed by atoms with Gasteiger partial charge in [0.05, 0.1) is 12.6 Å². The van der Waals surface area contributed by atoms with Gasteiger partial charge < -0.3 is 10.1 Å². The number of nitrogens with zero attached hydrogens (tertiary/aromatic N) is 4. The fourth-order valence-corrected chi connectivity index (χ4v) is 2.71. The molecule has 1 aromatic heterocycles. The molecule has 1 unspecified atom stereocenters. The van der Waals surface area contributed by atoms with Crippen LogP contribution in [0.3, 0.4) is 0 Å². The molecule has 3 heterocycles. The van der Waals surface area contributed by atoms with E-state index in [9.17, 15) is 4.79 Å². The smallest absolute Gasteiger partial charge is 0.225 e.